The number of esters is 1. The first-order valence-corrected chi connectivity index (χ1v) is 10.3. The fraction of sp³-hybridized carbons (Fsp3) is 0.812. The second kappa shape index (κ2) is 7.77. The van der Waals surface area contributed by atoms with E-state index >= 15 is 0 Å². The van der Waals surface area contributed by atoms with E-state index in [9.17, 15) is 9.00 Å². The summed E-state index contributed by atoms with van der Waals surface area (Å²) in [5, 5.41) is 8.61. The summed E-state index contributed by atoms with van der Waals surface area (Å²) in [6, 6.07) is 0. The Morgan fingerprint density at radius 3 is 2.52 bits per heavy atom. The minimum atomic E-state index is -1.29. The molecule has 0 radical (unpaired) electrons. The highest BCUT2D eigenvalue weighted by Crippen LogP contribution is 2.30. The fourth-order valence-electron chi connectivity index (χ4n) is 2.63. The van der Waals surface area contributed by atoms with E-state index in [1.165, 1.54) is 11.3 Å². The first kappa shape index (κ1) is 20.4. The number of aromatic nitrogens is 2. The van der Waals surface area contributed by atoms with Crippen molar-refractivity contribution in [3.05, 3.63) is 5.01 Å². The zero-order valence-electron chi connectivity index (χ0n) is 15.5. The third-order valence-corrected chi connectivity index (χ3v) is 5.87. The summed E-state index contributed by atoms with van der Waals surface area (Å²) in [5.74, 6) is -0.863. The topological polar surface area (TPSA) is 87.6 Å². The summed E-state index contributed by atoms with van der Waals surface area (Å²) in [7, 11) is -1.29. The minimum Gasteiger partial charge on any atom is -0.460 e. The fourth-order valence-corrected chi connectivity index (χ4v) is 4.80. The predicted molar refractivity (Wildman–Crippen MR) is 94.8 cm³/mol. The highest BCUT2D eigenvalue weighted by molar-refractivity contribution is 7.87. The molecule has 1 aromatic rings. The molecule has 0 amide bonds. The Kier molecular flexibility index (Phi) is 6.35. The van der Waals surface area contributed by atoms with Crippen LogP contribution in [-0.2, 0) is 29.8 Å². The van der Waals surface area contributed by atoms with E-state index in [1.54, 1.807) is 13.8 Å². The lowest BCUT2D eigenvalue weighted by molar-refractivity contribution is -0.295. The SMILES string of the molecule is Cc1nnc([S@@](=O)C[C@@H]2C[C@H](CC(=O)OC(C)(C)C)OC(C)(C)O2)s1. The third kappa shape index (κ3) is 6.73. The van der Waals surface area contributed by atoms with Crippen molar-refractivity contribution in [2.75, 3.05) is 5.75 Å². The quantitative estimate of drug-likeness (QED) is 0.714. The van der Waals surface area contributed by atoms with Crippen LogP contribution in [0.5, 0.6) is 0 Å². The molecule has 0 aliphatic carbocycles. The maximum absolute atomic E-state index is 12.5. The first-order chi connectivity index (χ1) is 11.4. The maximum Gasteiger partial charge on any atom is 0.308 e. The van der Waals surface area contributed by atoms with Crippen LogP contribution in [0.3, 0.4) is 0 Å². The van der Waals surface area contributed by atoms with Crippen molar-refractivity contribution >= 4 is 28.1 Å². The zero-order chi connectivity index (χ0) is 18.8. The van der Waals surface area contributed by atoms with Gasteiger partial charge >= 0.3 is 5.97 Å². The summed E-state index contributed by atoms with van der Waals surface area (Å²) in [4.78, 5) is 12.1. The van der Waals surface area contributed by atoms with Gasteiger partial charge in [0.1, 0.15) is 10.6 Å². The predicted octanol–water partition coefficient (Wildman–Crippen LogP) is 2.60. The van der Waals surface area contributed by atoms with Crippen LogP contribution >= 0.6 is 11.3 Å². The monoisotopic (exact) mass is 390 g/mol. The molecule has 2 heterocycles. The smallest absolute Gasteiger partial charge is 0.308 e. The molecule has 0 spiro atoms. The van der Waals surface area contributed by atoms with Gasteiger partial charge < -0.3 is 14.2 Å². The molecular formula is C16H26N2O5S2. The van der Waals surface area contributed by atoms with Crippen LogP contribution in [0.4, 0.5) is 0 Å². The Bertz CT molecular complexity index is 639. The summed E-state index contributed by atoms with van der Waals surface area (Å²) in [6.45, 7) is 10.9. The average Bonchev–Trinajstić information content (AvgIpc) is 2.80. The van der Waals surface area contributed by atoms with Crippen LogP contribution < -0.4 is 0 Å². The van der Waals surface area contributed by atoms with E-state index in [0.717, 1.165) is 5.01 Å². The molecule has 0 N–H and O–H groups in total. The number of ether oxygens (including phenoxy) is 3. The van der Waals surface area contributed by atoms with Gasteiger partial charge in [-0.25, -0.2) is 0 Å². The van der Waals surface area contributed by atoms with Gasteiger partial charge in [0, 0.05) is 6.42 Å². The van der Waals surface area contributed by atoms with E-state index in [2.05, 4.69) is 10.2 Å². The van der Waals surface area contributed by atoms with Crippen molar-refractivity contribution in [3.8, 4) is 0 Å². The molecule has 0 unspecified atom stereocenters. The summed E-state index contributed by atoms with van der Waals surface area (Å²) in [5.41, 5.74) is -0.533. The first-order valence-electron chi connectivity index (χ1n) is 8.19. The third-order valence-electron chi connectivity index (χ3n) is 3.28. The minimum absolute atomic E-state index is 0.144. The molecule has 0 saturated carbocycles. The molecule has 1 aliphatic rings. The summed E-state index contributed by atoms with van der Waals surface area (Å²) in [6.07, 6.45) is -0.00454. The van der Waals surface area contributed by atoms with E-state index < -0.39 is 22.2 Å². The van der Waals surface area contributed by atoms with Gasteiger partial charge in [0.2, 0.25) is 4.34 Å². The number of hydrogen-bond donors (Lipinski definition) is 0. The Hall–Kier alpha value is -0.900. The molecule has 25 heavy (non-hydrogen) atoms. The second-order valence-electron chi connectivity index (χ2n) is 7.50. The lowest BCUT2D eigenvalue weighted by Crippen LogP contribution is -2.47. The molecule has 7 nitrogen and oxygen atoms in total. The summed E-state index contributed by atoms with van der Waals surface area (Å²) < 4.78 is 30.0. The van der Waals surface area contributed by atoms with Crippen molar-refractivity contribution in [3.63, 3.8) is 0 Å². The molecule has 0 aromatic carbocycles. The number of carbonyl (C=O) groups is 1. The Labute approximate surface area is 154 Å². The van der Waals surface area contributed by atoms with Gasteiger partial charge in [0.05, 0.1) is 35.2 Å². The van der Waals surface area contributed by atoms with E-state index in [4.69, 9.17) is 14.2 Å². The number of hydrogen-bond acceptors (Lipinski definition) is 8. The van der Waals surface area contributed by atoms with Crippen LogP contribution in [0, 0.1) is 6.92 Å². The molecule has 0 bridgehead atoms. The molecule has 9 heteroatoms. The van der Waals surface area contributed by atoms with Crippen LogP contribution in [0.15, 0.2) is 4.34 Å². The Morgan fingerprint density at radius 1 is 1.32 bits per heavy atom. The average molecular weight is 391 g/mol. The number of rotatable bonds is 5. The number of aryl methyl sites for hydroxylation is 1. The maximum atomic E-state index is 12.5. The number of nitrogens with zero attached hydrogens (tertiary/aromatic N) is 2. The Balaban J connectivity index is 1.97. The molecule has 3 atom stereocenters. The molecule has 1 aromatic heterocycles. The van der Waals surface area contributed by atoms with E-state index in [-0.39, 0.29) is 24.6 Å². The molecular weight excluding hydrogens is 364 g/mol. The van der Waals surface area contributed by atoms with Gasteiger partial charge in [-0.3, -0.25) is 9.00 Å². The van der Waals surface area contributed by atoms with Crippen molar-refractivity contribution in [2.45, 2.75) is 82.3 Å². The van der Waals surface area contributed by atoms with Crippen LogP contribution in [0.1, 0.15) is 52.5 Å². The van der Waals surface area contributed by atoms with Gasteiger partial charge in [-0.05, 0) is 41.5 Å². The van der Waals surface area contributed by atoms with E-state index in [1.807, 2.05) is 27.7 Å². The van der Waals surface area contributed by atoms with Crippen molar-refractivity contribution < 1.29 is 23.2 Å². The standard InChI is InChI=1S/C16H26N2O5S2/c1-10-17-18-14(24-10)25(20)9-12-7-11(21-16(5,6)22-12)8-13(19)23-15(2,3)4/h11-12H,7-9H2,1-6H3/t11-,12+,25+/m1/s1. The molecule has 1 aliphatic heterocycles. The van der Waals surface area contributed by atoms with Crippen LogP contribution in [-0.4, -0.2) is 49.7 Å². The van der Waals surface area contributed by atoms with Gasteiger partial charge in [0.15, 0.2) is 5.79 Å². The molecule has 1 fully saturated rings. The largest absolute Gasteiger partial charge is 0.460 e. The van der Waals surface area contributed by atoms with Gasteiger partial charge in [-0.1, -0.05) is 11.3 Å². The van der Waals surface area contributed by atoms with E-state index in [0.29, 0.717) is 16.5 Å². The zero-order valence-corrected chi connectivity index (χ0v) is 17.2. The number of carbonyl (C=O) groups excluding carboxylic acids is 1. The highest BCUT2D eigenvalue weighted by Gasteiger charge is 2.38. The van der Waals surface area contributed by atoms with Crippen LogP contribution in [0.25, 0.3) is 0 Å². The Morgan fingerprint density at radius 2 is 1.96 bits per heavy atom. The van der Waals surface area contributed by atoms with Gasteiger partial charge in [0.25, 0.3) is 0 Å². The van der Waals surface area contributed by atoms with Crippen molar-refractivity contribution in [2.24, 2.45) is 0 Å². The normalized spacial score (nSPS) is 24.7. The van der Waals surface area contributed by atoms with Crippen molar-refractivity contribution in [1.82, 2.24) is 10.2 Å². The molecule has 2 rings (SSSR count). The molecule has 1 saturated heterocycles. The van der Waals surface area contributed by atoms with Gasteiger partial charge in [-0.15, -0.1) is 10.2 Å². The molecule has 142 valence electrons. The lowest BCUT2D eigenvalue weighted by Gasteiger charge is -2.40. The van der Waals surface area contributed by atoms with Gasteiger partial charge in [-0.2, -0.15) is 0 Å². The lowest BCUT2D eigenvalue weighted by atomic mass is 10.1. The summed E-state index contributed by atoms with van der Waals surface area (Å²) >= 11 is 1.32. The van der Waals surface area contributed by atoms with Crippen molar-refractivity contribution in [1.29, 1.82) is 0 Å². The van der Waals surface area contributed by atoms with Crippen LogP contribution in [0.2, 0.25) is 0 Å². The second-order valence-corrected chi connectivity index (χ2v) is 10.4. The highest BCUT2D eigenvalue weighted by atomic mass is 32.2.